The Labute approximate surface area is 178 Å². The van der Waals surface area contributed by atoms with Gasteiger partial charge in [0.1, 0.15) is 0 Å². The second kappa shape index (κ2) is 7.99. The zero-order chi connectivity index (χ0) is 21.5. The van der Waals surface area contributed by atoms with E-state index in [9.17, 15) is 0 Å². The van der Waals surface area contributed by atoms with Gasteiger partial charge in [-0.15, -0.1) is 0 Å². The first-order valence-corrected chi connectivity index (χ1v) is 13.0. The van der Waals surface area contributed by atoms with Gasteiger partial charge in [-0.1, -0.05) is 48.5 Å². The normalized spacial score (nSPS) is 13.1. The maximum Gasteiger partial charge on any atom is 0.537 e. The minimum absolute atomic E-state index is 0.941. The first-order chi connectivity index (χ1) is 14.5. The average molecular weight is 443 g/mol. The van der Waals surface area contributed by atoms with Crippen LogP contribution in [0.25, 0.3) is 32.3 Å². The maximum absolute atomic E-state index is 5.78. The molecule has 4 aromatic rings. The highest BCUT2D eigenvalue weighted by molar-refractivity contribution is 6.79. The maximum atomic E-state index is 5.78. The molecule has 0 aliphatic heterocycles. The zero-order valence-electron chi connectivity index (χ0n) is 18.1. The summed E-state index contributed by atoms with van der Waals surface area (Å²) in [6, 6.07) is 16.7. The van der Waals surface area contributed by atoms with Crippen LogP contribution >= 0.6 is 0 Å². The van der Waals surface area contributed by atoms with Crippen molar-refractivity contribution in [1.29, 1.82) is 0 Å². The van der Waals surface area contributed by atoms with Gasteiger partial charge < -0.3 is 26.6 Å². The van der Waals surface area contributed by atoms with Crippen LogP contribution < -0.4 is 10.4 Å². The van der Waals surface area contributed by atoms with Crippen molar-refractivity contribution in [3.63, 3.8) is 0 Å². The lowest BCUT2D eigenvalue weighted by atomic mass is 9.94. The molecule has 0 unspecified atom stereocenters. The highest BCUT2D eigenvalue weighted by Crippen LogP contribution is 2.35. The van der Waals surface area contributed by atoms with Crippen LogP contribution in [0.15, 0.2) is 48.5 Å². The summed E-state index contributed by atoms with van der Waals surface area (Å²) in [6.45, 7) is 0. The predicted molar refractivity (Wildman–Crippen MR) is 123 cm³/mol. The van der Waals surface area contributed by atoms with E-state index in [1.54, 1.807) is 42.7 Å². The molecule has 8 heteroatoms. The Kier molecular flexibility index (Phi) is 5.68. The molecule has 0 heterocycles. The van der Waals surface area contributed by atoms with Crippen molar-refractivity contribution in [3.8, 4) is 0 Å². The van der Waals surface area contributed by atoms with Crippen LogP contribution in [-0.2, 0) is 26.6 Å². The topological polar surface area (TPSA) is 55.4 Å². The second-order valence-electron chi connectivity index (χ2n) is 6.99. The predicted octanol–water partition coefficient (Wildman–Crippen LogP) is 2.75. The van der Waals surface area contributed by atoms with Crippen LogP contribution in [0.1, 0.15) is 0 Å². The standard InChI is InChI=1S/C22H26O6Si2/c1-23-29(24-2,25-3)19-13-9-15-7-8-16-10-14-20(30(26-4,27-5)28-6)18-12-11-17(19)21(15)22(16)18/h7-14H,1-6H3. The molecule has 0 fully saturated rings. The third-order valence-electron chi connectivity index (χ3n) is 5.94. The summed E-state index contributed by atoms with van der Waals surface area (Å²) in [7, 11) is 3.74. The lowest BCUT2D eigenvalue weighted by Gasteiger charge is -2.28. The Morgan fingerprint density at radius 3 is 1.03 bits per heavy atom. The van der Waals surface area contributed by atoms with Gasteiger partial charge in [0, 0.05) is 53.0 Å². The third-order valence-corrected chi connectivity index (χ3v) is 11.4. The molecule has 30 heavy (non-hydrogen) atoms. The summed E-state index contributed by atoms with van der Waals surface area (Å²) in [5, 5.41) is 8.53. The van der Waals surface area contributed by atoms with E-state index in [4.69, 9.17) is 26.6 Å². The van der Waals surface area contributed by atoms with Crippen LogP contribution in [0.4, 0.5) is 0 Å². The van der Waals surface area contributed by atoms with Gasteiger partial charge in [-0.3, -0.25) is 0 Å². The highest BCUT2D eigenvalue weighted by atomic mass is 28.4. The largest absolute Gasteiger partial charge is 0.537 e. The van der Waals surface area contributed by atoms with Gasteiger partial charge in [0.2, 0.25) is 0 Å². The van der Waals surface area contributed by atoms with Gasteiger partial charge in [-0.05, 0) is 32.3 Å². The van der Waals surface area contributed by atoms with Crippen LogP contribution in [0.5, 0.6) is 0 Å². The second-order valence-corrected chi connectivity index (χ2v) is 12.7. The molecule has 0 aliphatic carbocycles. The van der Waals surface area contributed by atoms with Gasteiger partial charge in [0.15, 0.2) is 0 Å². The summed E-state index contributed by atoms with van der Waals surface area (Å²) in [5.41, 5.74) is 0. The van der Waals surface area contributed by atoms with E-state index >= 15 is 0 Å². The molecular weight excluding hydrogens is 416 g/mol. The number of hydrogen-bond acceptors (Lipinski definition) is 6. The van der Waals surface area contributed by atoms with Crippen LogP contribution in [0.2, 0.25) is 0 Å². The Balaban J connectivity index is 2.15. The minimum atomic E-state index is -3.02. The van der Waals surface area contributed by atoms with Crippen molar-refractivity contribution >= 4 is 60.3 Å². The molecule has 158 valence electrons. The molecule has 0 N–H and O–H groups in total. The van der Waals surface area contributed by atoms with Gasteiger partial charge in [-0.25, -0.2) is 0 Å². The molecule has 0 aliphatic rings. The van der Waals surface area contributed by atoms with Crippen LogP contribution in [-0.4, -0.2) is 60.3 Å². The molecular formula is C22H26O6Si2. The molecule has 0 radical (unpaired) electrons. The van der Waals surface area contributed by atoms with Gasteiger partial charge in [0.25, 0.3) is 0 Å². The summed E-state index contributed by atoms with van der Waals surface area (Å²) < 4.78 is 34.7. The molecule has 0 atom stereocenters. The Hall–Kier alpha value is -1.89. The van der Waals surface area contributed by atoms with E-state index in [1.807, 2.05) is 12.1 Å². The van der Waals surface area contributed by atoms with E-state index in [-0.39, 0.29) is 0 Å². The molecule has 4 aromatic carbocycles. The SMILES string of the molecule is CO[Si](OC)(OC)c1ccc2ccc3ccc([Si](OC)(OC)OC)c4ccc1c2c34. The fraction of sp³-hybridized carbons (Fsp3) is 0.273. The Morgan fingerprint density at radius 1 is 0.433 bits per heavy atom. The monoisotopic (exact) mass is 442 g/mol. The van der Waals surface area contributed by atoms with Gasteiger partial charge >= 0.3 is 17.6 Å². The first kappa shape index (κ1) is 21.3. The Morgan fingerprint density at radius 2 is 0.733 bits per heavy atom. The minimum Gasteiger partial charge on any atom is -0.373 e. The van der Waals surface area contributed by atoms with E-state index in [2.05, 4.69) is 36.4 Å². The van der Waals surface area contributed by atoms with Crippen molar-refractivity contribution in [1.82, 2.24) is 0 Å². The zero-order valence-corrected chi connectivity index (χ0v) is 20.1. The summed E-state index contributed by atoms with van der Waals surface area (Å²) in [4.78, 5) is 0. The highest BCUT2D eigenvalue weighted by Gasteiger charge is 2.44. The first-order valence-electron chi connectivity index (χ1n) is 9.57. The number of rotatable bonds is 8. The number of benzene rings is 4. The molecule has 0 amide bonds. The summed E-state index contributed by atoms with van der Waals surface area (Å²) in [6.07, 6.45) is 0. The van der Waals surface area contributed by atoms with E-state index in [1.165, 1.54) is 0 Å². The summed E-state index contributed by atoms with van der Waals surface area (Å²) in [5.74, 6) is 0. The molecule has 6 nitrogen and oxygen atoms in total. The van der Waals surface area contributed by atoms with E-state index < -0.39 is 17.6 Å². The molecule has 0 bridgehead atoms. The van der Waals surface area contributed by atoms with Gasteiger partial charge in [0.05, 0.1) is 0 Å². The fourth-order valence-corrected chi connectivity index (χ4v) is 8.47. The molecule has 0 saturated carbocycles. The summed E-state index contributed by atoms with van der Waals surface area (Å²) >= 11 is 0. The molecule has 0 spiro atoms. The molecule has 4 rings (SSSR count). The molecule has 0 aromatic heterocycles. The Bertz CT molecular complexity index is 1080. The third kappa shape index (κ3) is 2.84. The van der Waals surface area contributed by atoms with Crippen molar-refractivity contribution < 1.29 is 26.6 Å². The van der Waals surface area contributed by atoms with Crippen molar-refractivity contribution in [2.45, 2.75) is 0 Å². The van der Waals surface area contributed by atoms with Crippen molar-refractivity contribution in [2.24, 2.45) is 0 Å². The van der Waals surface area contributed by atoms with Crippen LogP contribution in [0, 0.1) is 0 Å². The quantitative estimate of drug-likeness (QED) is 0.309. The lowest BCUT2D eigenvalue weighted by Crippen LogP contribution is -2.55. The fourth-order valence-electron chi connectivity index (χ4n) is 4.49. The number of hydrogen-bond donors (Lipinski definition) is 0. The van der Waals surface area contributed by atoms with Crippen molar-refractivity contribution in [2.75, 3.05) is 42.7 Å². The van der Waals surface area contributed by atoms with E-state index in [0.717, 1.165) is 42.7 Å². The lowest BCUT2D eigenvalue weighted by molar-refractivity contribution is 0.140. The average Bonchev–Trinajstić information content (AvgIpc) is 2.81. The molecule has 0 saturated heterocycles. The van der Waals surface area contributed by atoms with Crippen molar-refractivity contribution in [3.05, 3.63) is 48.5 Å². The van der Waals surface area contributed by atoms with E-state index in [0.29, 0.717) is 0 Å². The van der Waals surface area contributed by atoms with Gasteiger partial charge in [-0.2, -0.15) is 0 Å². The van der Waals surface area contributed by atoms with Crippen LogP contribution in [0.3, 0.4) is 0 Å². The smallest absolute Gasteiger partial charge is 0.373 e.